The number of hydrogen-bond acceptors (Lipinski definition) is 7. The Morgan fingerprint density at radius 3 is 1.59 bits per heavy atom. The Labute approximate surface area is 274 Å². The first-order valence-corrected chi connectivity index (χ1v) is 10.3. The van der Waals surface area contributed by atoms with Gasteiger partial charge in [0, 0.05) is 51.7 Å². The van der Waals surface area contributed by atoms with Gasteiger partial charge < -0.3 is 14.4 Å². The molecule has 1 aliphatic rings. The number of nitro benzene ring substituents is 1. The van der Waals surface area contributed by atoms with Crippen LogP contribution in [0.2, 0.25) is 0 Å². The molecule has 2 aromatic rings. The van der Waals surface area contributed by atoms with E-state index in [2.05, 4.69) is 46.0 Å². The summed E-state index contributed by atoms with van der Waals surface area (Å²) >= 11 is 0. The molecule has 0 unspecified atom stereocenters. The normalized spacial score (nSPS) is 13.7. The summed E-state index contributed by atoms with van der Waals surface area (Å²) in [5.41, 5.74) is -1.35. The molecule has 3 rings (SSSR count). The summed E-state index contributed by atoms with van der Waals surface area (Å²) in [4.78, 5) is 39.0. The summed E-state index contributed by atoms with van der Waals surface area (Å²) in [6.45, 7) is 32.8. The number of carbonyl (C=O) groups excluding carboxylic acids is 2. The van der Waals surface area contributed by atoms with E-state index >= 15 is 0 Å². The van der Waals surface area contributed by atoms with Gasteiger partial charge in [-0.2, -0.15) is 0 Å². The zero-order chi connectivity index (χ0) is 33.9. The Balaban J connectivity index is -0.000000231. The molecule has 1 aliphatic heterocycles. The number of nitrogens with zero attached hydrogens (tertiary/aromatic N) is 2. The van der Waals surface area contributed by atoms with Crippen molar-refractivity contribution in [2.24, 2.45) is 5.41 Å². The number of ether oxygens (including phenoxy) is 2. The van der Waals surface area contributed by atoms with Gasteiger partial charge in [-0.3, -0.25) is 19.7 Å². The number of methoxy groups -OCH3 is 2. The zero-order valence-electron chi connectivity index (χ0n) is 22.6. The summed E-state index contributed by atoms with van der Waals surface area (Å²) in [7, 11) is 2.30. The maximum atomic E-state index is 13.1. The van der Waals surface area contributed by atoms with Crippen molar-refractivity contribution in [1.82, 2.24) is 0 Å². The summed E-state index contributed by atoms with van der Waals surface area (Å²) < 4.78 is 55.0. The Hall–Kier alpha value is -4.23. The molecule has 232 valence electrons. The molecule has 0 spiro atoms. The van der Waals surface area contributed by atoms with Gasteiger partial charge in [-0.25, -0.2) is 0 Å². The van der Waals surface area contributed by atoms with Gasteiger partial charge in [-0.1, -0.05) is 43.0 Å². The Morgan fingerprint density at radius 1 is 0.841 bits per heavy atom. The molecule has 0 amide bonds. The molecule has 1 saturated heterocycles. The van der Waals surface area contributed by atoms with Crippen molar-refractivity contribution in [1.29, 1.82) is 0 Å². The van der Waals surface area contributed by atoms with Crippen LogP contribution in [0.3, 0.4) is 0 Å². The number of nitro groups is 1. The molecule has 16 heteroatoms. The van der Waals surface area contributed by atoms with Crippen LogP contribution in [0, 0.1) is 68.1 Å². The first-order valence-electron chi connectivity index (χ1n) is 10.3. The number of hydrogen-bond donors (Lipinski definition) is 0. The minimum Gasteiger partial charge on any atom is -0.468 e. The van der Waals surface area contributed by atoms with Crippen molar-refractivity contribution < 1.29 is 85.5 Å². The third kappa shape index (κ3) is 12.6. The van der Waals surface area contributed by atoms with E-state index in [4.69, 9.17) is 44.0 Å². The predicted molar refractivity (Wildman–Crippen MR) is 131 cm³/mol. The second-order valence-corrected chi connectivity index (χ2v) is 6.80. The molecule has 2 atom stereocenters. The molecule has 44 heavy (non-hydrogen) atoms. The minimum absolute atomic E-state index is 0. The van der Waals surface area contributed by atoms with E-state index in [1.54, 1.807) is 41.3 Å². The molecule has 0 aromatic heterocycles. The van der Waals surface area contributed by atoms with Gasteiger partial charge in [-0.05, 0) is 18.2 Å². The molecule has 1 heterocycles. The maximum absolute atomic E-state index is 13.1. The van der Waals surface area contributed by atoms with Gasteiger partial charge in [0.05, 0.1) is 36.8 Å². The Bertz CT molecular complexity index is 1200. The van der Waals surface area contributed by atoms with Crippen LogP contribution in [-0.4, -0.2) is 37.1 Å². The van der Waals surface area contributed by atoms with Gasteiger partial charge in [0.15, 0.2) is 5.41 Å². The number of carbonyl (C=O) groups is 2. The van der Waals surface area contributed by atoms with E-state index in [1.807, 2.05) is 0 Å². The molecule has 0 saturated carbocycles. The van der Waals surface area contributed by atoms with Gasteiger partial charge in [0.1, 0.15) is 0 Å². The number of benzene rings is 2. The van der Waals surface area contributed by atoms with Gasteiger partial charge in [0.2, 0.25) is 0 Å². The number of esters is 2. The van der Waals surface area contributed by atoms with Crippen LogP contribution < -0.4 is 4.90 Å². The van der Waals surface area contributed by atoms with Crippen molar-refractivity contribution >= 4 is 23.3 Å². The molecule has 1 fully saturated rings. The van der Waals surface area contributed by atoms with Crippen molar-refractivity contribution in [3.05, 3.63) is 123 Å². The first kappa shape index (κ1) is 52.4. The predicted octanol–water partition coefficient (Wildman–Crippen LogP) is 2.81. The monoisotopic (exact) mass is 694 g/mol. The summed E-state index contributed by atoms with van der Waals surface area (Å²) in [6.07, 6.45) is 2.50. The smallest absolute Gasteiger partial charge is 0.325 e. The quantitative estimate of drug-likeness (QED) is 0.110. The Kier molecular flexibility index (Phi) is 37.8. The van der Waals surface area contributed by atoms with Crippen molar-refractivity contribution in [2.75, 3.05) is 19.1 Å². The van der Waals surface area contributed by atoms with Crippen LogP contribution in [-0.2, 0) is 80.5 Å². The van der Waals surface area contributed by atoms with Gasteiger partial charge >= 0.3 is 79.8 Å². The van der Waals surface area contributed by atoms with Crippen LogP contribution in [0.5, 0.6) is 0 Å². The van der Waals surface area contributed by atoms with Crippen molar-refractivity contribution in [3.8, 4) is 0 Å². The first-order chi connectivity index (χ1) is 20.4. The molecule has 0 bridgehead atoms. The summed E-state index contributed by atoms with van der Waals surface area (Å²) in [6, 6.07) is 13.0. The van der Waals surface area contributed by atoms with Crippen LogP contribution in [0.1, 0.15) is 18.0 Å². The van der Waals surface area contributed by atoms with E-state index in [-0.39, 0.29) is 51.2 Å². The average Bonchev–Trinajstić information content (AvgIpc) is 3.46. The van der Waals surface area contributed by atoms with E-state index in [1.165, 1.54) is 18.2 Å². The van der Waals surface area contributed by atoms with Crippen LogP contribution in [0.4, 0.5) is 11.4 Å². The standard InChI is InChI=1S/C22H20N2O6.6CO.2Co/c1-4-15-14-22(20(25)29-2,21(26)30-3)19(23(15)16-10-6-5-7-11-16)17-12-8-9-13-18(17)24(27)28;6*1-2;;/h1,5-13,15,19H,14H2,2-3H3;;;;;;;;/t15-,19-;;;;;;;;/m1......../s1. The van der Waals surface area contributed by atoms with Crippen molar-refractivity contribution in [3.63, 3.8) is 0 Å². The number of para-hydroxylation sites is 2. The molecular formula is C28H20Co2N2O12. The third-order valence-corrected chi connectivity index (χ3v) is 5.37. The largest absolute Gasteiger partial charge is 0.468 e. The maximum Gasteiger partial charge on any atom is 0.325 e. The summed E-state index contributed by atoms with van der Waals surface area (Å²) in [5.74, 6) is -1.73. The molecule has 2 aromatic carbocycles. The molecule has 0 N–H and O–H groups in total. The zero-order valence-corrected chi connectivity index (χ0v) is 24.7. The molecule has 0 aliphatic carbocycles. The van der Waals surface area contributed by atoms with Crippen LogP contribution in [0.25, 0.3) is 0 Å². The van der Waals surface area contributed by atoms with Gasteiger partial charge in [-0.15, -0.1) is 0 Å². The SMILES string of the molecule is [C-]#[O+].[C-]#[O+].[C-]#[O+].[C-]#[O+].[C-]#[O+].[C-]#[O+].[CH]=[C][C@@H]1CC(C(=O)OC)(C(=O)OC)[C@@H](c2ccccc2[N+](=O)[O-])N1c1ccccc1.[Co].[Co]. The van der Waals surface area contributed by atoms with E-state index in [0.717, 1.165) is 14.2 Å². The van der Waals surface area contributed by atoms with E-state index in [0.29, 0.717) is 5.69 Å². The second-order valence-electron chi connectivity index (χ2n) is 6.80. The van der Waals surface area contributed by atoms with Crippen LogP contribution in [0.15, 0.2) is 54.6 Å². The Morgan fingerprint density at radius 2 is 1.23 bits per heavy atom. The fourth-order valence-corrected chi connectivity index (χ4v) is 4.14. The van der Waals surface area contributed by atoms with Gasteiger partial charge in [0.25, 0.3) is 5.69 Å². The topological polar surface area (TPSA) is 218 Å². The second kappa shape index (κ2) is 31.7. The van der Waals surface area contributed by atoms with Crippen molar-refractivity contribution in [2.45, 2.75) is 18.5 Å². The summed E-state index contributed by atoms with van der Waals surface area (Å²) in [5, 5.41) is 11.8. The molecule has 14 nitrogen and oxygen atoms in total. The minimum atomic E-state index is -1.89. The van der Waals surface area contributed by atoms with E-state index in [9.17, 15) is 19.7 Å². The molecular weight excluding hydrogens is 674 g/mol. The van der Waals surface area contributed by atoms with Crippen LogP contribution >= 0.6 is 0 Å². The fraction of sp³-hybridized carbons (Fsp3) is 0.214. The molecule has 4 radical (unpaired) electrons. The third-order valence-electron chi connectivity index (χ3n) is 5.37. The van der Waals surface area contributed by atoms with E-state index < -0.39 is 34.4 Å². The fourth-order valence-electron chi connectivity index (χ4n) is 4.14. The number of anilines is 1. The number of rotatable bonds is 6. The average molecular weight is 694 g/mol.